The minimum Gasteiger partial charge on any atom is -0.368 e. The predicted octanol–water partition coefficient (Wildman–Crippen LogP) is 4.65. The lowest BCUT2D eigenvalue weighted by molar-refractivity contribution is -0.131. The van der Waals surface area contributed by atoms with E-state index in [1.54, 1.807) is 21.9 Å². The van der Waals surface area contributed by atoms with E-state index >= 15 is 0 Å². The third-order valence-corrected chi connectivity index (χ3v) is 7.12. The van der Waals surface area contributed by atoms with Gasteiger partial charge in [0.2, 0.25) is 5.91 Å². The maximum atomic E-state index is 13.4. The molecule has 0 radical (unpaired) electrons. The second-order valence-corrected chi connectivity index (χ2v) is 9.31. The summed E-state index contributed by atoms with van der Waals surface area (Å²) in [5.74, 6) is -0.499. The highest BCUT2D eigenvalue weighted by atomic mass is 32.2. The molecule has 0 unspecified atom stereocenters. The minimum absolute atomic E-state index is 0.000908. The highest BCUT2D eigenvalue weighted by Crippen LogP contribution is 2.42. The highest BCUT2D eigenvalue weighted by molar-refractivity contribution is 8.04. The van der Waals surface area contributed by atoms with Crippen molar-refractivity contribution in [1.82, 2.24) is 4.90 Å². The second kappa shape index (κ2) is 9.73. The Kier molecular flexibility index (Phi) is 6.36. The molecular weight excluding hydrogens is 449 g/mol. The highest BCUT2D eigenvalue weighted by Gasteiger charge is 2.32. The molecular formula is C27H24FN3O2S. The van der Waals surface area contributed by atoms with Crippen LogP contribution >= 0.6 is 11.8 Å². The number of rotatable bonds is 4. The van der Waals surface area contributed by atoms with Crippen LogP contribution in [0.25, 0.3) is 6.08 Å². The minimum atomic E-state index is -0.261. The lowest BCUT2D eigenvalue weighted by Gasteiger charge is -2.37. The number of benzene rings is 3. The summed E-state index contributed by atoms with van der Waals surface area (Å²) in [5, 5.41) is 0. The molecule has 0 saturated carbocycles. The molecule has 3 aromatic carbocycles. The average molecular weight is 474 g/mol. The van der Waals surface area contributed by atoms with Crippen molar-refractivity contribution in [3.8, 4) is 0 Å². The van der Waals surface area contributed by atoms with Crippen LogP contribution in [0.5, 0.6) is 0 Å². The van der Waals surface area contributed by atoms with Crippen LogP contribution in [-0.4, -0.2) is 49.4 Å². The molecule has 5 rings (SSSR count). The van der Waals surface area contributed by atoms with Crippen molar-refractivity contribution in [3.63, 3.8) is 0 Å². The van der Waals surface area contributed by atoms with Crippen LogP contribution in [-0.2, 0) is 9.59 Å². The number of piperazine rings is 1. The SMILES string of the molecule is O=C(CN1C(=O)C(=Cc2ccccc2)Sc2ccccc21)N1CCN(c2ccc(F)cc2)CC1. The van der Waals surface area contributed by atoms with Crippen molar-refractivity contribution in [2.24, 2.45) is 0 Å². The van der Waals surface area contributed by atoms with Gasteiger partial charge in [0, 0.05) is 36.8 Å². The molecule has 2 aliphatic rings. The standard InChI is InChI=1S/C27H24FN3O2S/c28-21-10-12-22(13-11-21)29-14-16-30(17-15-29)26(32)19-31-23-8-4-5-9-24(23)34-25(27(31)33)18-20-6-2-1-3-7-20/h1-13,18H,14-17,19H2. The molecule has 5 nitrogen and oxygen atoms in total. The Labute approximate surface area is 202 Å². The van der Waals surface area contributed by atoms with Gasteiger partial charge in [-0.15, -0.1) is 0 Å². The Hall–Kier alpha value is -3.58. The summed E-state index contributed by atoms with van der Waals surface area (Å²) >= 11 is 1.44. The normalized spacial score (nSPS) is 17.1. The Balaban J connectivity index is 1.31. The molecule has 2 aliphatic heterocycles. The smallest absolute Gasteiger partial charge is 0.265 e. The Bertz CT molecular complexity index is 1220. The molecule has 0 aromatic heterocycles. The van der Waals surface area contributed by atoms with Crippen molar-refractivity contribution in [2.45, 2.75) is 4.90 Å². The third kappa shape index (κ3) is 4.70. The van der Waals surface area contributed by atoms with Gasteiger partial charge in [0.15, 0.2) is 0 Å². The first kappa shape index (κ1) is 22.2. The number of para-hydroxylation sites is 1. The van der Waals surface area contributed by atoms with E-state index in [4.69, 9.17) is 0 Å². The lowest BCUT2D eigenvalue weighted by Crippen LogP contribution is -2.52. The average Bonchev–Trinajstić information content (AvgIpc) is 2.87. The van der Waals surface area contributed by atoms with E-state index in [0.717, 1.165) is 21.8 Å². The van der Waals surface area contributed by atoms with E-state index in [1.165, 1.54) is 23.9 Å². The van der Waals surface area contributed by atoms with E-state index in [-0.39, 0.29) is 24.2 Å². The molecule has 172 valence electrons. The zero-order chi connectivity index (χ0) is 23.5. The molecule has 0 spiro atoms. The van der Waals surface area contributed by atoms with Gasteiger partial charge in [-0.2, -0.15) is 0 Å². The van der Waals surface area contributed by atoms with Gasteiger partial charge >= 0.3 is 0 Å². The van der Waals surface area contributed by atoms with Gasteiger partial charge in [-0.3, -0.25) is 14.5 Å². The largest absolute Gasteiger partial charge is 0.368 e. The molecule has 0 aliphatic carbocycles. The summed E-state index contributed by atoms with van der Waals surface area (Å²) in [6.45, 7) is 2.44. The first-order valence-corrected chi connectivity index (χ1v) is 12.0. The summed E-state index contributed by atoms with van der Waals surface area (Å²) in [5.41, 5.74) is 2.66. The molecule has 34 heavy (non-hydrogen) atoms. The van der Waals surface area contributed by atoms with E-state index in [2.05, 4.69) is 4.90 Å². The van der Waals surface area contributed by atoms with Gasteiger partial charge in [-0.1, -0.05) is 54.2 Å². The first-order chi connectivity index (χ1) is 16.6. The maximum Gasteiger partial charge on any atom is 0.265 e. The molecule has 3 aromatic rings. The third-order valence-electron chi connectivity index (χ3n) is 6.05. The number of fused-ring (bicyclic) bond motifs is 1. The van der Waals surface area contributed by atoms with Crippen LogP contribution in [0, 0.1) is 5.82 Å². The monoisotopic (exact) mass is 473 g/mol. The lowest BCUT2D eigenvalue weighted by atomic mass is 10.2. The van der Waals surface area contributed by atoms with E-state index in [9.17, 15) is 14.0 Å². The van der Waals surface area contributed by atoms with Gasteiger partial charge in [0.05, 0.1) is 10.6 Å². The fourth-order valence-corrected chi connectivity index (χ4v) is 5.28. The number of halogens is 1. The zero-order valence-electron chi connectivity index (χ0n) is 18.6. The molecule has 0 atom stereocenters. The Morgan fingerprint density at radius 1 is 0.882 bits per heavy atom. The van der Waals surface area contributed by atoms with E-state index in [1.807, 2.05) is 60.7 Å². The first-order valence-electron chi connectivity index (χ1n) is 11.2. The van der Waals surface area contributed by atoms with E-state index in [0.29, 0.717) is 31.1 Å². The van der Waals surface area contributed by atoms with Gasteiger partial charge in [0.25, 0.3) is 5.91 Å². The Morgan fingerprint density at radius 3 is 2.29 bits per heavy atom. The molecule has 1 fully saturated rings. The molecule has 2 heterocycles. The fraction of sp³-hybridized carbons (Fsp3) is 0.185. The molecule has 1 saturated heterocycles. The van der Waals surface area contributed by atoms with Gasteiger partial charge < -0.3 is 9.80 Å². The topological polar surface area (TPSA) is 43.9 Å². The predicted molar refractivity (Wildman–Crippen MR) is 134 cm³/mol. The molecule has 7 heteroatoms. The van der Waals surface area contributed by atoms with Crippen LogP contribution < -0.4 is 9.80 Å². The number of anilines is 2. The fourth-order valence-electron chi connectivity index (χ4n) is 4.22. The van der Waals surface area contributed by atoms with Crippen molar-refractivity contribution >= 4 is 41.0 Å². The number of carbonyl (C=O) groups is 2. The number of hydrogen-bond donors (Lipinski definition) is 0. The Morgan fingerprint density at radius 2 is 1.56 bits per heavy atom. The summed E-state index contributed by atoms with van der Waals surface area (Å²) in [6.07, 6.45) is 1.88. The molecule has 0 bridgehead atoms. The number of thioether (sulfide) groups is 1. The van der Waals surface area contributed by atoms with Gasteiger partial charge in [-0.25, -0.2) is 4.39 Å². The van der Waals surface area contributed by atoms with Crippen molar-refractivity contribution in [1.29, 1.82) is 0 Å². The number of hydrogen-bond acceptors (Lipinski definition) is 4. The van der Waals surface area contributed by atoms with Gasteiger partial charge in [-0.05, 0) is 48.0 Å². The van der Waals surface area contributed by atoms with Crippen molar-refractivity contribution in [2.75, 3.05) is 42.5 Å². The van der Waals surface area contributed by atoms with Crippen LogP contribution in [0.3, 0.4) is 0 Å². The maximum absolute atomic E-state index is 13.4. The van der Waals surface area contributed by atoms with Crippen molar-refractivity contribution < 1.29 is 14.0 Å². The zero-order valence-corrected chi connectivity index (χ0v) is 19.4. The van der Waals surface area contributed by atoms with E-state index < -0.39 is 0 Å². The summed E-state index contributed by atoms with van der Waals surface area (Å²) < 4.78 is 13.2. The number of nitrogens with zero attached hydrogens (tertiary/aromatic N) is 3. The number of carbonyl (C=O) groups excluding carboxylic acids is 2. The molecule has 0 N–H and O–H groups in total. The van der Waals surface area contributed by atoms with Crippen LogP contribution in [0.15, 0.2) is 88.7 Å². The van der Waals surface area contributed by atoms with Crippen molar-refractivity contribution in [3.05, 3.63) is 95.1 Å². The quantitative estimate of drug-likeness (QED) is 0.518. The number of amides is 2. The molecule has 2 amide bonds. The second-order valence-electron chi connectivity index (χ2n) is 8.22. The van der Waals surface area contributed by atoms with Crippen LogP contribution in [0.2, 0.25) is 0 Å². The summed E-state index contributed by atoms with van der Waals surface area (Å²) in [7, 11) is 0. The van der Waals surface area contributed by atoms with Crippen LogP contribution in [0.1, 0.15) is 5.56 Å². The van der Waals surface area contributed by atoms with Gasteiger partial charge in [0.1, 0.15) is 12.4 Å². The summed E-state index contributed by atoms with van der Waals surface area (Å²) in [6, 6.07) is 23.8. The van der Waals surface area contributed by atoms with Crippen LogP contribution in [0.4, 0.5) is 15.8 Å². The summed E-state index contributed by atoms with van der Waals surface area (Å²) in [4.78, 5) is 33.7.